The highest BCUT2D eigenvalue weighted by Crippen LogP contribution is 2.30. The van der Waals surface area contributed by atoms with E-state index in [0.29, 0.717) is 11.0 Å². The largest absolute Gasteiger partial charge is 0.472 e. The highest BCUT2D eigenvalue weighted by Gasteiger charge is 2.23. The van der Waals surface area contributed by atoms with Crippen LogP contribution in [0.1, 0.15) is 39.0 Å². The molecule has 0 spiro atoms. The number of hydrogen-bond donors (Lipinski definition) is 0. The van der Waals surface area contributed by atoms with Gasteiger partial charge in [-0.25, -0.2) is 9.97 Å². The Morgan fingerprint density at radius 2 is 2.19 bits per heavy atom. The molecule has 1 heterocycles. The summed E-state index contributed by atoms with van der Waals surface area (Å²) >= 11 is 5.92. The Kier molecular flexibility index (Phi) is 3.99. The number of ether oxygens (including phenoxy) is 1. The van der Waals surface area contributed by atoms with E-state index in [-0.39, 0.29) is 6.10 Å². The first-order valence-corrected chi connectivity index (χ1v) is 6.30. The standard InChI is InChI=1S/C12H17ClN2O/c1-2-9-4-3-5-10(8-9)16-12-11(13)14-6-7-15-12/h6-7,9-10H,2-5,8H2,1H3. The summed E-state index contributed by atoms with van der Waals surface area (Å²) in [5.41, 5.74) is 0. The predicted octanol–water partition coefficient (Wildman–Crippen LogP) is 3.48. The second-order valence-electron chi connectivity index (χ2n) is 4.33. The topological polar surface area (TPSA) is 35.0 Å². The lowest BCUT2D eigenvalue weighted by molar-refractivity contribution is 0.116. The van der Waals surface area contributed by atoms with Crippen molar-refractivity contribution in [3.05, 3.63) is 17.5 Å². The molecule has 1 saturated carbocycles. The van der Waals surface area contributed by atoms with Crippen LogP contribution in [0.5, 0.6) is 5.88 Å². The minimum Gasteiger partial charge on any atom is -0.472 e. The van der Waals surface area contributed by atoms with E-state index < -0.39 is 0 Å². The van der Waals surface area contributed by atoms with Crippen LogP contribution in [0.25, 0.3) is 0 Å². The molecular formula is C12H17ClN2O. The molecule has 0 radical (unpaired) electrons. The Morgan fingerprint density at radius 3 is 2.94 bits per heavy atom. The highest BCUT2D eigenvalue weighted by molar-refractivity contribution is 6.30. The molecule has 0 amide bonds. The van der Waals surface area contributed by atoms with Crippen LogP contribution in [-0.4, -0.2) is 16.1 Å². The summed E-state index contributed by atoms with van der Waals surface area (Å²) < 4.78 is 5.81. The second kappa shape index (κ2) is 5.48. The fraction of sp³-hybridized carbons (Fsp3) is 0.667. The minimum atomic E-state index is 0.257. The lowest BCUT2D eigenvalue weighted by atomic mass is 9.85. The highest BCUT2D eigenvalue weighted by atomic mass is 35.5. The Labute approximate surface area is 101 Å². The van der Waals surface area contributed by atoms with E-state index in [9.17, 15) is 0 Å². The quantitative estimate of drug-likeness (QED) is 0.812. The Morgan fingerprint density at radius 1 is 1.38 bits per heavy atom. The maximum Gasteiger partial charge on any atom is 0.252 e. The van der Waals surface area contributed by atoms with Crippen LogP contribution in [0, 0.1) is 5.92 Å². The predicted molar refractivity (Wildman–Crippen MR) is 63.7 cm³/mol. The lowest BCUT2D eigenvalue weighted by Gasteiger charge is -2.28. The molecule has 1 aromatic rings. The van der Waals surface area contributed by atoms with Crippen LogP contribution in [0.15, 0.2) is 12.4 Å². The van der Waals surface area contributed by atoms with E-state index in [1.807, 2.05) is 0 Å². The molecule has 0 bridgehead atoms. The lowest BCUT2D eigenvalue weighted by Crippen LogP contribution is -2.25. The van der Waals surface area contributed by atoms with Gasteiger partial charge in [0.25, 0.3) is 5.88 Å². The van der Waals surface area contributed by atoms with E-state index in [2.05, 4.69) is 16.9 Å². The third-order valence-corrected chi connectivity index (χ3v) is 3.47. The maximum absolute atomic E-state index is 5.92. The van der Waals surface area contributed by atoms with Gasteiger partial charge in [-0.2, -0.15) is 0 Å². The van der Waals surface area contributed by atoms with Crippen LogP contribution >= 0.6 is 11.6 Å². The molecule has 3 nitrogen and oxygen atoms in total. The maximum atomic E-state index is 5.92. The number of halogens is 1. The van der Waals surface area contributed by atoms with Crippen molar-refractivity contribution < 1.29 is 4.74 Å². The molecule has 0 aliphatic heterocycles. The van der Waals surface area contributed by atoms with Crippen molar-refractivity contribution in [2.75, 3.05) is 0 Å². The first kappa shape index (κ1) is 11.6. The van der Waals surface area contributed by atoms with Crippen molar-refractivity contribution in [3.63, 3.8) is 0 Å². The number of nitrogens with zero attached hydrogens (tertiary/aromatic N) is 2. The fourth-order valence-electron chi connectivity index (χ4n) is 2.26. The van der Waals surface area contributed by atoms with Crippen molar-refractivity contribution in [2.45, 2.75) is 45.1 Å². The zero-order valence-corrected chi connectivity index (χ0v) is 10.3. The van der Waals surface area contributed by atoms with Crippen LogP contribution in [0.4, 0.5) is 0 Å². The van der Waals surface area contributed by atoms with Gasteiger partial charge < -0.3 is 4.74 Å². The summed E-state index contributed by atoms with van der Waals surface area (Å²) in [6.45, 7) is 2.24. The van der Waals surface area contributed by atoms with E-state index in [1.165, 1.54) is 19.3 Å². The van der Waals surface area contributed by atoms with E-state index in [4.69, 9.17) is 16.3 Å². The molecule has 0 saturated heterocycles. The molecule has 16 heavy (non-hydrogen) atoms. The molecular weight excluding hydrogens is 224 g/mol. The average molecular weight is 241 g/mol. The van der Waals surface area contributed by atoms with E-state index >= 15 is 0 Å². The van der Waals surface area contributed by atoms with Gasteiger partial charge in [0.15, 0.2) is 5.15 Å². The zero-order chi connectivity index (χ0) is 11.4. The third kappa shape index (κ3) is 2.85. The first-order valence-electron chi connectivity index (χ1n) is 5.92. The van der Waals surface area contributed by atoms with Gasteiger partial charge in [0.1, 0.15) is 6.10 Å². The summed E-state index contributed by atoms with van der Waals surface area (Å²) in [4.78, 5) is 8.07. The average Bonchev–Trinajstić information content (AvgIpc) is 2.32. The summed E-state index contributed by atoms with van der Waals surface area (Å²) in [5.74, 6) is 1.26. The number of rotatable bonds is 3. The van der Waals surface area contributed by atoms with Crippen LogP contribution in [0.3, 0.4) is 0 Å². The summed E-state index contributed by atoms with van der Waals surface area (Å²) in [6, 6.07) is 0. The van der Waals surface area contributed by atoms with Gasteiger partial charge in [0.2, 0.25) is 0 Å². The van der Waals surface area contributed by atoms with Gasteiger partial charge in [0, 0.05) is 12.4 Å². The zero-order valence-electron chi connectivity index (χ0n) is 9.53. The van der Waals surface area contributed by atoms with Crippen LogP contribution in [0.2, 0.25) is 5.15 Å². The van der Waals surface area contributed by atoms with Crippen molar-refractivity contribution >= 4 is 11.6 Å². The molecule has 1 aliphatic rings. The Balaban J connectivity index is 1.97. The van der Waals surface area contributed by atoms with E-state index in [0.717, 1.165) is 18.8 Å². The van der Waals surface area contributed by atoms with Gasteiger partial charge in [-0.3, -0.25) is 0 Å². The number of aromatic nitrogens is 2. The monoisotopic (exact) mass is 240 g/mol. The molecule has 1 aliphatic carbocycles. The van der Waals surface area contributed by atoms with Crippen LogP contribution in [-0.2, 0) is 0 Å². The molecule has 1 fully saturated rings. The minimum absolute atomic E-state index is 0.257. The van der Waals surface area contributed by atoms with Crippen molar-refractivity contribution in [1.82, 2.24) is 9.97 Å². The summed E-state index contributed by atoms with van der Waals surface area (Å²) in [7, 11) is 0. The van der Waals surface area contributed by atoms with E-state index in [1.54, 1.807) is 12.4 Å². The Hall–Kier alpha value is -0.830. The van der Waals surface area contributed by atoms with Crippen molar-refractivity contribution in [2.24, 2.45) is 5.92 Å². The normalized spacial score (nSPS) is 25.4. The fourth-order valence-corrected chi connectivity index (χ4v) is 2.41. The second-order valence-corrected chi connectivity index (χ2v) is 4.69. The van der Waals surface area contributed by atoms with Gasteiger partial charge in [0.05, 0.1) is 0 Å². The SMILES string of the molecule is CCC1CCCC(Oc2nccnc2Cl)C1. The summed E-state index contributed by atoms with van der Waals surface area (Å²) in [5, 5.41) is 0.362. The molecule has 2 rings (SSSR count). The van der Waals surface area contributed by atoms with Crippen molar-refractivity contribution in [1.29, 1.82) is 0 Å². The molecule has 2 unspecified atom stereocenters. The molecule has 4 heteroatoms. The van der Waals surface area contributed by atoms with Gasteiger partial charge in [-0.1, -0.05) is 31.4 Å². The molecule has 2 atom stereocenters. The molecule has 1 aromatic heterocycles. The molecule has 0 aromatic carbocycles. The molecule has 88 valence electrons. The van der Waals surface area contributed by atoms with Crippen LogP contribution < -0.4 is 4.74 Å². The Bertz CT molecular complexity index is 346. The van der Waals surface area contributed by atoms with Gasteiger partial charge in [-0.15, -0.1) is 0 Å². The summed E-state index contributed by atoms with van der Waals surface area (Å²) in [6.07, 6.45) is 9.45. The van der Waals surface area contributed by atoms with Crippen molar-refractivity contribution in [3.8, 4) is 5.88 Å². The van der Waals surface area contributed by atoms with Gasteiger partial charge >= 0.3 is 0 Å². The third-order valence-electron chi connectivity index (χ3n) is 3.21. The first-order chi connectivity index (χ1) is 7.79. The number of hydrogen-bond acceptors (Lipinski definition) is 3. The van der Waals surface area contributed by atoms with Gasteiger partial charge in [-0.05, 0) is 25.2 Å². The molecule has 0 N–H and O–H groups in total. The smallest absolute Gasteiger partial charge is 0.252 e.